The van der Waals surface area contributed by atoms with E-state index in [4.69, 9.17) is 9.47 Å². The predicted molar refractivity (Wildman–Crippen MR) is 80.4 cm³/mol. The summed E-state index contributed by atoms with van der Waals surface area (Å²) < 4.78 is 13.3. The first-order chi connectivity index (χ1) is 10.4. The summed E-state index contributed by atoms with van der Waals surface area (Å²) in [5.41, 5.74) is 3.08. The molecule has 2 aliphatic heterocycles. The average molecular weight is 308 g/mol. The number of carbonyl (C=O) groups is 1. The van der Waals surface area contributed by atoms with E-state index in [2.05, 4.69) is 10.6 Å². The van der Waals surface area contributed by atoms with Crippen LogP contribution in [0.4, 0.5) is 4.79 Å². The molecular weight excluding hydrogens is 284 g/mol. The number of carbonyl (C=O) groups excluding carboxylic acids is 1. The SMILES string of the molecule is CC(C)(C)OC(=O)N1CCc2c(cc3n2CC(CO)OC3)C1. The van der Waals surface area contributed by atoms with Crippen molar-refractivity contribution in [3.63, 3.8) is 0 Å². The van der Waals surface area contributed by atoms with E-state index < -0.39 is 5.60 Å². The van der Waals surface area contributed by atoms with Crippen molar-refractivity contribution >= 4 is 6.09 Å². The Morgan fingerprint density at radius 2 is 2.27 bits per heavy atom. The van der Waals surface area contributed by atoms with E-state index in [9.17, 15) is 9.90 Å². The van der Waals surface area contributed by atoms with Crippen LogP contribution in [0.25, 0.3) is 0 Å². The van der Waals surface area contributed by atoms with Crippen LogP contribution in [-0.2, 0) is 35.6 Å². The second-order valence-corrected chi connectivity index (χ2v) is 6.99. The van der Waals surface area contributed by atoms with Crippen molar-refractivity contribution in [1.29, 1.82) is 0 Å². The smallest absolute Gasteiger partial charge is 0.410 e. The molecule has 1 atom stereocenters. The molecule has 2 aliphatic rings. The van der Waals surface area contributed by atoms with Gasteiger partial charge in [-0.1, -0.05) is 0 Å². The summed E-state index contributed by atoms with van der Waals surface area (Å²) in [7, 11) is 0. The Bertz CT molecular complexity index is 573. The lowest BCUT2D eigenvalue weighted by molar-refractivity contribution is -0.0281. The molecule has 3 heterocycles. The van der Waals surface area contributed by atoms with E-state index in [0.717, 1.165) is 17.7 Å². The van der Waals surface area contributed by atoms with Crippen LogP contribution in [0.5, 0.6) is 0 Å². The largest absolute Gasteiger partial charge is 0.444 e. The highest BCUT2D eigenvalue weighted by Gasteiger charge is 2.30. The number of nitrogens with zero attached hydrogens (tertiary/aromatic N) is 2. The fraction of sp³-hybridized carbons (Fsp3) is 0.688. The molecule has 0 aliphatic carbocycles. The van der Waals surface area contributed by atoms with Crippen LogP contribution in [0.2, 0.25) is 0 Å². The quantitative estimate of drug-likeness (QED) is 0.857. The molecule has 1 N–H and O–H groups in total. The number of fused-ring (bicyclic) bond motifs is 3. The maximum atomic E-state index is 12.2. The molecule has 0 fully saturated rings. The molecule has 6 nitrogen and oxygen atoms in total. The molecule has 1 amide bonds. The number of amides is 1. The Kier molecular flexibility index (Phi) is 3.91. The van der Waals surface area contributed by atoms with Crippen LogP contribution in [0.15, 0.2) is 6.07 Å². The molecule has 0 saturated heterocycles. The van der Waals surface area contributed by atoms with E-state index in [1.165, 1.54) is 5.69 Å². The van der Waals surface area contributed by atoms with E-state index >= 15 is 0 Å². The third kappa shape index (κ3) is 2.98. The Balaban J connectivity index is 1.75. The summed E-state index contributed by atoms with van der Waals surface area (Å²) in [6, 6.07) is 2.11. The zero-order chi connectivity index (χ0) is 15.9. The van der Waals surface area contributed by atoms with Gasteiger partial charge in [0.05, 0.1) is 32.4 Å². The summed E-state index contributed by atoms with van der Waals surface area (Å²) in [6.45, 7) is 8.12. The molecule has 0 spiro atoms. The van der Waals surface area contributed by atoms with Gasteiger partial charge in [-0.2, -0.15) is 0 Å². The minimum absolute atomic E-state index is 0.0381. The van der Waals surface area contributed by atoms with Crippen LogP contribution >= 0.6 is 0 Å². The van der Waals surface area contributed by atoms with Gasteiger partial charge in [0.15, 0.2) is 0 Å². The van der Waals surface area contributed by atoms with Gasteiger partial charge in [-0.15, -0.1) is 0 Å². The normalized spacial score (nSPS) is 21.3. The zero-order valence-corrected chi connectivity index (χ0v) is 13.5. The monoisotopic (exact) mass is 308 g/mol. The standard InChI is InChI=1S/C16H24N2O4/c1-16(2,3)22-15(20)17-5-4-14-11(7-17)6-12-10-21-13(9-19)8-18(12)14/h6,13,19H,4-5,7-10H2,1-3H3. The van der Waals surface area contributed by atoms with Gasteiger partial charge < -0.3 is 24.0 Å². The van der Waals surface area contributed by atoms with Crippen molar-refractivity contribution in [3.8, 4) is 0 Å². The van der Waals surface area contributed by atoms with Gasteiger partial charge >= 0.3 is 6.09 Å². The summed E-state index contributed by atoms with van der Waals surface area (Å²) in [4.78, 5) is 14.0. The Morgan fingerprint density at radius 1 is 1.50 bits per heavy atom. The Morgan fingerprint density at radius 3 is 2.95 bits per heavy atom. The number of hydrogen-bond acceptors (Lipinski definition) is 4. The molecule has 0 bridgehead atoms. The number of ether oxygens (including phenoxy) is 2. The molecule has 22 heavy (non-hydrogen) atoms. The molecule has 1 aromatic heterocycles. The maximum Gasteiger partial charge on any atom is 0.410 e. The molecule has 0 saturated carbocycles. The number of aliphatic hydroxyl groups is 1. The molecular formula is C16H24N2O4. The van der Waals surface area contributed by atoms with Crippen LogP contribution in [0.3, 0.4) is 0 Å². The first-order valence-electron chi connectivity index (χ1n) is 7.78. The van der Waals surface area contributed by atoms with Gasteiger partial charge in [0.2, 0.25) is 0 Å². The molecule has 6 heteroatoms. The van der Waals surface area contributed by atoms with Crippen molar-refractivity contribution in [2.75, 3.05) is 13.2 Å². The van der Waals surface area contributed by atoms with E-state index in [0.29, 0.717) is 26.2 Å². The van der Waals surface area contributed by atoms with Crippen molar-refractivity contribution in [2.45, 2.75) is 58.6 Å². The van der Waals surface area contributed by atoms with Crippen LogP contribution in [0.1, 0.15) is 37.7 Å². The van der Waals surface area contributed by atoms with E-state index in [1.807, 2.05) is 20.8 Å². The number of rotatable bonds is 1. The third-order valence-electron chi connectivity index (χ3n) is 4.07. The summed E-state index contributed by atoms with van der Waals surface area (Å²) in [5, 5.41) is 9.27. The van der Waals surface area contributed by atoms with E-state index in [1.54, 1.807) is 4.90 Å². The van der Waals surface area contributed by atoms with Gasteiger partial charge in [-0.05, 0) is 32.4 Å². The van der Waals surface area contributed by atoms with Crippen molar-refractivity contribution in [3.05, 3.63) is 23.0 Å². The zero-order valence-electron chi connectivity index (χ0n) is 13.5. The summed E-state index contributed by atoms with van der Waals surface area (Å²) >= 11 is 0. The summed E-state index contributed by atoms with van der Waals surface area (Å²) in [5.74, 6) is 0. The average Bonchev–Trinajstić information content (AvgIpc) is 2.82. The minimum Gasteiger partial charge on any atom is -0.444 e. The van der Waals surface area contributed by atoms with Crippen LogP contribution < -0.4 is 0 Å². The number of hydrogen-bond donors (Lipinski definition) is 1. The highest BCUT2D eigenvalue weighted by atomic mass is 16.6. The van der Waals surface area contributed by atoms with Gasteiger partial charge in [0.1, 0.15) is 5.60 Å². The minimum atomic E-state index is -0.473. The summed E-state index contributed by atoms with van der Waals surface area (Å²) in [6.07, 6.45) is 0.423. The Hall–Kier alpha value is -1.53. The fourth-order valence-corrected chi connectivity index (χ4v) is 3.07. The molecule has 122 valence electrons. The number of aliphatic hydroxyl groups excluding tert-OH is 1. The number of aromatic nitrogens is 1. The third-order valence-corrected chi connectivity index (χ3v) is 4.07. The van der Waals surface area contributed by atoms with Gasteiger partial charge in [0, 0.05) is 24.4 Å². The van der Waals surface area contributed by atoms with Crippen molar-refractivity contribution in [1.82, 2.24) is 9.47 Å². The first kappa shape index (κ1) is 15.4. The second-order valence-electron chi connectivity index (χ2n) is 6.99. The molecule has 1 aromatic rings. The maximum absolute atomic E-state index is 12.2. The highest BCUT2D eigenvalue weighted by molar-refractivity contribution is 5.68. The molecule has 0 aromatic carbocycles. The molecule has 0 radical (unpaired) electrons. The van der Waals surface area contributed by atoms with E-state index in [-0.39, 0.29) is 18.8 Å². The van der Waals surface area contributed by atoms with Gasteiger partial charge in [-0.3, -0.25) is 0 Å². The van der Waals surface area contributed by atoms with Crippen LogP contribution in [-0.4, -0.2) is 45.5 Å². The molecule has 3 rings (SSSR count). The highest BCUT2D eigenvalue weighted by Crippen LogP contribution is 2.28. The second kappa shape index (κ2) is 5.59. The van der Waals surface area contributed by atoms with Gasteiger partial charge in [-0.25, -0.2) is 4.79 Å². The predicted octanol–water partition coefficient (Wildman–Crippen LogP) is 1.67. The van der Waals surface area contributed by atoms with Crippen molar-refractivity contribution in [2.24, 2.45) is 0 Å². The lowest BCUT2D eigenvalue weighted by Crippen LogP contribution is -2.40. The topological polar surface area (TPSA) is 63.9 Å². The molecule has 1 unspecified atom stereocenters. The van der Waals surface area contributed by atoms with Gasteiger partial charge in [0.25, 0.3) is 0 Å². The Labute approximate surface area is 130 Å². The van der Waals surface area contributed by atoms with Crippen molar-refractivity contribution < 1.29 is 19.4 Å². The lowest BCUT2D eigenvalue weighted by Gasteiger charge is -2.31. The fourth-order valence-electron chi connectivity index (χ4n) is 3.07. The first-order valence-corrected chi connectivity index (χ1v) is 7.78. The lowest BCUT2D eigenvalue weighted by atomic mass is 10.1. The van der Waals surface area contributed by atoms with Crippen LogP contribution in [0, 0.1) is 0 Å².